The highest BCUT2D eigenvalue weighted by atomic mass is 32.1. The molecule has 0 radical (unpaired) electrons. The Balaban J connectivity index is 1.74. The van der Waals surface area contributed by atoms with Gasteiger partial charge in [0.25, 0.3) is 0 Å². The molecule has 0 bridgehead atoms. The molecule has 3 amide bonds. The van der Waals surface area contributed by atoms with Gasteiger partial charge in [-0.3, -0.25) is 14.6 Å². The zero-order chi connectivity index (χ0) is 25.9. The van der Waals surface area contributed by atoms with Crippen molar-refractivity contribution in [3.8, 4) is 6.07 Å². The van der Waals surface area contributed by atoms with Crippen molar-refractivity contribution in [3.63, 3.8) is 0 Å². The number of halogens is 1. The monoisotopic (exact) mass is 506 g/mol. The molecule has 35 heavy (non-hydrogen) atoms. The Morgan fingerprint density at radius 2 is 2.06 bits per heavy atom. The number of fused-ring (bicyclic) bond motifs is 2. The number of carbonyl (C=O) groups is 2. The molecule has 2 heterocycles. The summed E-state index contributed by atoms with van der Waals surface area (Å²) in [6.07, 6.45) is 1.98. The van der Waals surface area contributed by atoms with Gasteiger partial charge in [-0.05, 0) is 57.2 Å². The fourth-order valence-corrected chi connectivity index (χ4v) is 6.90. The number of carbonyl (C=O) groups excluding carboxylic acids is 2. The number of nitrogens with zero attached hydrogens (tertiary/aromatic N) is 4. The second-order valence-electron chi connectivity index (χ2n) is 10.9. The fourth-order valence-electron chi connectivity index (χ4n) is 5.80. The lowest BCUT2D eigenvalue weighted by molar-refractivity contribution is -0.136. The molecule has 1 fully saturated rings. The van der Waals surface area contributed by atoms with Gasteiger partial charge in [0, 0.05) is 43.6 Å². The summed E-state index contributed by atoms with van der Waals surface area (Å²) in [6.45, 7) is 7.67. The molecule has 3 atom stereocenters. The molecule has 2 aliphatic rings. The van der Waals surface area contributed by atoms with E-state index < -0.39 is 12.6 Å². The zero-order valence-electron chi connectivity index (χ0n) is 21.6. The molecule has 1 aromatic heterocycles. The van der Waals surface area contributed by atoms with Crippen molar-refractivity contribution in [1.82, 2.24) is 20.0 Å². The lowest BCUT2D eigenvalue weighted by Gasteiger charge is -2.46. The third-order valence-corrected chi connectivity index (χ3v) is 8.24. The Morgan fingerprint density at radius 3 is 2.66 bits per heavy atom. The van der Waals surface area contributed by atoms with Crippen molar-refractivity contribution in [1.29, 1.82) is 5.26 Å². The van der Waals surface area contributed by atoms with E-state index in [0.29, 0.717) is 36.5 Å². The van der Waals surface area contributed by atoms with Crippen LogP contribution in [-0.2, 0) is 17.6 Å². The molecular formula is C25H39FN6O2S. The number of nitrogens with one attached hydrogen (secondary N) is 1. The standard InChI is InChI=1S/C25H39FN6O2S/c1-6-32(24(34)29-14-25(2,3)15-30(4)5)23(33)17-9-16-10-18-19(12-27)22(28)35-21(18)11-20(16)31(13-17)8-7-26/h16-17,20H,6-11,13-15,28H2,1-5H3,(H,29,34)/t16-,17-,20-/m1/s1. The molecule has 1 aliphatic heterocycles. The summed E-state index contributed by atoms with van der Waals surface area (Å²) in [4.78, 5) is 33.1. The molecule has 10 heteroatoms. The number of likely N-dealkylation sites (tertiary alicyclic amines) is 1. The van der Waals surface area contributed by atoms with E-state index >= 15 is 0 Å². The molecule has 0 saturated carbocycles. The topological polar surface area (TPSA) is 106 Å². The molecule has 1 saturated heterocycles. The van der Waals surface area contributed by atoms with E-state index in [1.54, 1.807) is 6.92 Å². The number of rotatable bonds is 8. The number of hydrogen-bond donors (Lipinski definition) is 2. The van der Waals surface area contributed by atoms with Crippen molar-refractivity contribution < 1.29 is 14.0 Å². The molecule has 1 aromatic rings. The molecule has 0 aromatic carbocycles. The lowest BCUT2D eigenvalue weighted by Crippen LogP contribution is -2.57. The molecule has 3 N–H and O–H groups in total. The number of imide groups is 1. The Hall–Kier alpha value is -2.22. The highest BCUT2D eigenvalue weighted by molar-refractivity contribution is 7.16. The molecule has 1 aliphatic carbocycles. The minimum atomic E-state index is -0.494. The first-order chi connectivity index (χ1) is 16.5. The maximum Gasteiger partial charge on any atom is 0.324 e. The van der Waals surface area contributed by atoms with Gasteiger partial charge in [0.05, 0.1) is 11.5 Å². The summed E-state index contributed by atoms with van der Waals surface area (Å²) in [5.74, 6) is -0.501. The number of nitriles is 1. The van der Waals surface area contributed by atoms with E-state index in [2.05, 4.69) is 35.0 Å². The van der Waals surface area contributed by atoms with Gasteiger partial charge in [0.1, 0.15) is 17.7 Å². The molecule has 0 spiro atoms. The van der Waals surface area contributed by atoms with Crippen LogP contribution in [0, 0.1) is 28.6 Å². The minimum Gasteiger partial charge on any atom is -0.389 e. The highest BCUT2D eigenvalue weighted by Crippen LogP contribution is 2.43. The highest BCUT2D eigenvalue weighted by Gasteiger charge is 2.44. The predicted octanol–water partition coefficient (Wildman–Crippen LogP) is 2.72. The van der Waals surface area contributed by atoms with Gasteiger partial charge in [-0.25, -0.2) is 9.18 Å². The van der Waals surface area contributed by atoms with Crippen molar-refractivity contribution in [2.24, 2.45) is 17.3 Å². The first-order valence-electron chi connectivity index (χ1n) is 12.3. The van der Waals surface area contributed by atoms with Crippen LogP contribution < -0.4 is 11.1 Å². The van der Waals surface area contributed by atoms with Crippen LogP contribution in [0.25, 0.3) is 0 Å². The van der Waals surface area contributed by atoms with E-state index in [-0.39, 0.29) is 42.4 Å². The van der Waals surface area contributed by atoms with Crippen LogP contribution in [0.2, 0.25) is 0 Å². The Labute approximate surface area is 212 Å². The van der Waals surface area contributed by atoms with Crippen LogP contribution >= 0.6 is 11.3 Å². The molecular weight excluding hydrogens is 467 g/mol. The van der Waals surface area contributed by atoms with Crippen LogP contribution in [0.1, 0.15) is 43.2 Å². The van der Waals surface area contributed by atoms with E-state index in [9.17, 15) is 19.2 Å². The smallest absolute Gasteiger partial charge is 0.324 e. The van der Waals surface area contributed by atoms with Crippen molar-refractivity contribution in [2.75, 3.05) is 59.2 Å². The maximum absolute atomic E-state index is 13.5. The first-order valence-corrected chi connectivity index (χ1v) is 13.2. The molecule has 194 valence electrons. The average molecular weight is 507 g/mol. The number of nitrogens with two attached hydrogens (primary N) is 1. The Morgan fingerprint density at radius 1 is 1.34 bits per heavy atom. The largest absolute Gasteiger partial charge is 0.389 e. The third kappa shape index (κ3) is 6.13. The van der Waals surface area contributed by atoms with Crippen LogP contribution in [0.5, 0.6) is 0 Å². The van der Waals surface area contributed by atoms with Gasteiger partial charge >= 0.3 is 6.03 Å². The molecule has 3 rings (SSSR count). The number of nitrogen functional groups attached to an aromatic ring is 1. The molecule has 0 unspecified atom stereocenters. The van der Waals surface area contributed by atoms with Crippen LogP contribution in [0.3, 0.4) is 0 Å². The van der Waals surface area contributed by atoms with Crippen molar-refractivity contribution >= 4 is 28.3 Å². The predicted molar refractivity (Wildman–Crippen MR) is 137 cm³/mol. The third-order valence-electron chi connectivity index (χ3n) is 7.16. The van der Waals surface area contributed by atoms with E-state index in [1.807, 2.05) is 14.1 Å². The SMILES string of the molecule is CCN(C(=O)NCC(C)(C)CN(C)C)C(=O)[C@@H]1C[C@@H]2Cc3c(sc(N)c3C#N)C[C@H]2N(CCF)C1. The second kappa shape index (κ2) is 11.2. The van der Waals surface area contributed by atoms with Gasteiger partial charge in [0.2, 0.25) is 5.91 Å². The summed E-state index contributed by atoms with van der Waals surface area (Å²) in [6, 6.07) is 1.96. The van der Waals surface area contributed by atoms with Gasteiger partial charge < -0.3 is 16.0 Å². The van der Waals surface area contributed by atoms with Crippen molar-refractivity contribution in [3.05, 3.63) is 16.0 Å². The summed E-state index contributed by atoms with van der Waals surface area (Å²) in [5, 5.41) is 13.0. The van der Waals surface area contributed by atoms with Crippen LogP contribution in [0.4, 0.5) is 14.2 Å². The van der Waals surface area contributed by atoms with Crippen molar-refractivity contribution in [2.45, 2.75) is 46.1 Å². The Kier molecular flexibility index (Phi) is 8.78. The van der Waals surface area contributed by atoms with Gasteiger partial charge in [-0.2, -0.15) is 5.26 Å². The van der Waals surface area contributed by atoms with Gasteiger partial charge in [-0.1, -0.05) is 13.8 Å². The summed E-state index contributed by atoms with van der Waals surface area (Å²) in [7, 11) is 3.98. The summed E-state index contributed by atoms with van der Waals surface area (Å²) >= 11 is 1.45. The number of thiophene rings is 1. The maximum atomic E-state index is 13.5. The van der Waals surface area contributed by atoms with Crippen LogP contribution in [-0.4, -0.2) is 86.2 Å². The Bertz CT molecular complexity index is 972. The van der Waals surface area contributed by atoms with E-state index in [4.69, 9.17) is 5.73 Å². The molecule has 8 nitrogen and oxygen atoms in total. The van der Waals surface area contributed by atoms with E-state index in [0.717, 1.165) is 23.4 Å². The lowest BCUT2D eigenvalue weighted by atomic mass is 9.73. The van der Waals surface area contributed by atoms with Gasteiger partial charge in [0.15, 0.2) is 0 Å². The normalized spacial score (nSPS) is 22.3. The summed E-state index contributed by atoms with van der Waals surface area (Å²) in [5.41, 5.74) is 7.47. The van der Waals surface area contributed by atoms with Crippen LogP contribution in [0.15, 0.2) is 0 Å². The zero-order valence-corrected chi connectivity index (χ0v) is 22.4. The number of urea groups is 1. The number of amides is 3. The second-order valence-corrected chi connectivity index (χ2v) is 12.0. The fraction of sp³-hybridized carbons (Fsp3) is 0.720. The number of anilines is 1. The number of piperidine rings is 1. The number of alkyl halides is 1. The quantitative estimate of drug-likeness (QED) is 0.562. The van der Waals surface area contributed by atoms with Gasteiger partial charge in [-0.15, -0.1) is 11.3 Å². The minimum absolute atomic E-state index is 0.110. The first kappa shape index (κ1) is 27.4. The average Bonchev–Trinajstić information content (AvgIpc) is 3.09. The number of hydrogen-bond acceptors (Lipinski definition) is 7. The summed E-state index contributed by atoms with van der Waals surface area (Å²) < 4.78 is 13.5. The van der Waals surface area contributed by atoms with E-state index in [1.165, 1.54) is 16.2 Å².